The fraction of sp³-hybridized carbons (Fsp3) is 0.118. The van der Waals surface area contributed by atoms with Gasteiger partial charge in [-0.15, -0.1) is 17.8 Å². The number of carbonyl (C=O) groups excluding carboxylic acids is 1. The molecule has 3 aromatic rings. The fourth-order valence-electron chi connectivity index (χ4n) is 2.18. The number of benzene rings is 1. The minimum Gasteiger partial charge on any atom is -0.344 e. The molecule has 6 heteroatoms. The zero-order chi connectivity index (χ0) is 16.2. The van der Waals surface area contributed by atoms with Crippen LogP contribution >= 0.6 is 11.3 Å². The molecule has 0 aliphatic carbocycles. The second-order valence-corrected chi connectivity index (χ2v) is 5.88. The van der Waals surface area contributed by atoms with Crippen LogP contribution < -0.4 is 10.9 Å². The number of aromatic nitrogens is 2. The molecule has 2 heterocycles. The van der Waals surface area contributed by atoms with Crippen molar-refractivity contribution in [1.82, 2.24) is 14.9 Å². The Labute approximate surface area is 136 Å². The number of rotatable bonds is 4. The lowest BCUT2D eigenvalue weighted by Crippen LogP contribution is -2.32. The summed E-state index contributed by atoms with van der Waals surface area (Å²) < 4.78 is 1.29. The number of fused-ring (bicyclic) bond motifs is 1. The van der Waals surface area contributed by atoms with Gasteiger partial charge in [-0.1, -0.05) is 36.3 Å². The van der Waals surface area contributed by atoms with E-state index in [4.69, 9.17) is 6.42 Å². The first-order chi connectivity index (χ1) is 11.2. The lowest BCUT2D eigenvalue weighted by molar-refractivity contribution is -0.121. The summed E-state index contributed by atoms with van der Waals surface area (Å²) in [7, 11) is 0. The molecule has 5 nitrogen and oxygen atoms in total. The SMILES string of the molecule is C#CCNC(=O)Cn1cnc2sc(-c3ccccc3)cc2c1=O. The molecule has 0 unspecified atom stereocenters. The van der Waals surface area contributed by atoms with Crippen LogP contribution in [-0.4, -0.2) is 22.0 Å². The van der Waals surface area contributed by atoms with E-state index in [9.17, 15) is 9.59 Å². The predicted octanol–water partition coefficient (Wildman–Crippen LogP) is 1.87. The van der Waals surface area contributed by atoms with Crippen molar-refractivity contribution in [2.45, 2.75) is 6.54 Å². The summed E-state index contributed by atoms with van der Waals surface area (Å²) in [6, 6.07) is 11.6. The van der Waals surface area contributed by atoms with Crippen LogP contribution in [0.15, 0.2) is 47.5 Å². The maximum Gasteiger partial charge on any atom is 0.262 e. The van der Waals surface area contributed by atoms with Crippen molar-refractivity contribution in [3.63, 3.8) is 0 Å². The third kappa shape index (κ3) is 3.15. The Balaban J connectivity index is 1.95. The molecule has 0 radical (unpaired) electrons. The van der Waals surface area contributed by atoms with Gasteiger partial charge in [0.1, 0.15) is 11.4 Å². The Morgan fingerprint density at radius 3 is 2.87 bits per heavy atom. The lowest BCUT2D eigenvalue weighted by Gasteiger charge is -2.04. The molecule has 0 atom stereocenters. The number of carbonyl (C=O) groups is 1. The molecule has 2 aromatic heterocycles. The maximum absolute atomic E-state index is 12.5. The minimum absolute atomic E-state index is 0.0973. The molecule has 0 aliphatic heterocycles. The van der Waals surface area contributed by atoms with Gasteiger partial charge in [0.05, 0.1) is 18.3 Å². The molecule has 3 rings (SSSR count). The first-order valence-corrected chi connectivity index (χ1v) is 7.75. The molecular weight excluding hydrogens is 310 g/mol. The lowest BCUT2D eigenvalue weighted by atomic mass is 10.2. The number of nitrogens with zero attached hydrogens (tertiary/aromatic N) is 2. The normalized spacial score (nSPS) is 10.4. The Morgan fingerprint density at radius 2 is 2.13 bits per heavy atom. The van der Waals surface area contributed by atoms with E-state index in [-0.39, 0.29) is 24.6 Å². The largest absolute Gasteiger partial charge is 0.344 e. The summed E-state index contributed by atoms with van der Waals surface area (Å²) in [5.74, 6) is 2.00. The van der Waals surface area contributed by atoms with E-state index in [2.05, 4.69) is 16.2 Å². The third-order valence-electron chi connectivity index (χ3n) is 3.28. The number of amides is 1. The Hall–Kier alpha value is -2.91. The number of hydrogen-bond donors (Lipinski definition) is 1. The molecule has 0 aliphatic rings. The highest BCUT2D eigenvalue weighted by Crippen LogP contribution is 2.30. The number of hydrogen-bond acceptors (Lipinski definition) is 4. The molecule has 1 amide bonds. The van der Waals surface area contributed by atoms with Crippen molar-refractivity contribution in [2.24, 2.45) is 0 Å². The zero-order valence-corrected chi connectivity index (χ0v) is 13.0. The first-order valence-electron chi connectivity index (χ1n) is 6.93. The predicted molar refractivity (Wildman–Crippen MR) is 91.2 cm³/mol. The minimum atomic E-state index is -0.315. The van der Waals surface area contributed by atoms with Crippen LogP contribution in [0.4, 0.5) is 0 Å². The van der Waals surface area contributed by atoms with Gasteiger partial charge in [-0.2, -0.15) is 0 Å². The van der Waals surface area contributed by atoms with E-state index in [0.717, 1.165) is 10.4 Å². The molecule has 0 fully saturated rings. The van der Waals surface area contributed by atoms with Gasteiger partial charge in [0.15, 0.2) is 0 Å². The van der Waals surface area contributed by atoms with Gasteiger partial charge in [-0.05, 0) is 11.6 Å². The van der Waals surface area contributed by atoms with Crippen molar-refractivity contribution >= 4 is 27.5 Å². The second kappa shape index (κ2) is 6.46. The summed E-state index contributed by atoms with van der Waals surface area (Å²) in [6.07, 6.45) is 6.48. The van der Waals surface area contributed by atoms with Gasteiger partial charge in [-0.3, -0.25) is 14.2 Å². The summed E-state index contributed by atoms with van der Waals surface area (Å²) in [6.45, 7) is 0.0415. The summed E-state index contributed by atoms with van der Waals surface area (Å²) in [5, 5.41) is 3.04. The van der Waals surface area contributed by atoms with Crippen molar-refractivity contribution in [1.29, 1.82) is 0 Å². The molecule has 1 N–H and O–H groups in total. The molecule has 0 bridgehead atoms. The number of terminal acetylenes is 1. The Kier molecular flexibility index (Phi) is 4.22. The van der Waals surface area contributed by atoms with Gasteiger partial charge in [0.25, 0.3) is 5.56 Å². The number of nitrogens with one attached hydrogen (secondary N) is 1. The highest BCUT2D eigenvalue weighted by atomic mass is 32.1. The molecule has 1 aromatic carbocycles. The van der Waals surface area contributed by atoms with E-state index >= 15 is 0 Å². The average Bonchev–Trinajstić information content (AvgIpc) is 3.01. The monoisotopic (exact) mass is 323 g/mol. The van der Waals surface area contributed by atoms with Crippen LogP contribution in [0.2, 0.25) is 0 Å². The van der Waals surface area contributed by atoms with Crippen LogP contribution in [0, 0.1) is 12.3 Å². The molecule has 114 valence electrons. The smallest absolute Gasteiger partial charge is 0.262 e. The molecule has 0 saturated heterocycles. The third-order valence-corrected chi connectivity index (χ3v) is 4.37. The van der Waals surface area contributed by atoms with Gasteiger partial charge in [0, 0.05) is 4.88 Å². The standard InChI is InChI=1S/C17H13N3O2S/c1-2-8-18-15(21)10-20-11-19-16-13(17(20)22)9-14(23-16)12-6-4-3-5-7-12/h1,3-7,9,11H,8,10H2,(H,18,21). The van der Waals surface area contributed by atoms with Crippen LogP contribution in [-0.2, 0) is 11.3 Å². The van der Waals surface area contributed by atoms with Gasteiger partial charge in [0.2, 0.25) is 5.91 Å². The van der Waals surface area contributed by atoms with Crippen molar-refractivity contribution in [3.8, 4) is 22.8 Å². The van der Waals surface area contributed by atoms with Gasteiger partial charge in [-0.25, -0.2) is 4.98 Å². The Morgan fingerprint density at radius 1 is 1.35 bits per heavy atom. The maximum atomic E-state index is 12.5. The second-order valence-electron chi connectivity index (χ2n) is 4.85. The molecule has 23 heavy (non-hydrogen) atoms. The quantitative estimate of drug-likeness (QED) is 0.746. The fourth-order valence-corrected chi connectivity index (χ4v) is 3.17. The number of thiophene rings is 1. The van der Waals surface area contributed by atoms with Gasteiger partial charge < -0.3 is 5.32 Å². The van der Waals surface area contributed by atoms with Crippen LogP contribution in [0.1, 0.15) is 0 Å². The highest BCUT2D eigenvalue weighted by Gasteiger charge is 2.11. The van der Waals surface area contributed by atoms with E-state index in [1.54, 1.807) is 0 Å². The van der Waals surface area contributed by atoms with E-state index < -0.39 is 0 Å². The topological polar surface area (TPSA) is 64.0 Å². The van der Waals surface area contributed by atoms with E-state index in [0.29, 0.717) is 10.2 Å². The van der Waals surface area contributed by atoms with Crippen molar-refractivity contribution in [3.05, 3.63) is 53.1 Å². The molecular formula is C17H13N3O2S. The summed E-state index contributed by atoms with van der Waals surface area (Å²) in [4.78, 5) is 30.1. The van der Waals surface area contributed by atoms with Crippen LogP contribution in [0.5, 0.6) is 0 Å². The van der Waals surface area contributed by atoms with Crippen LogP contribution in [0.3, 0.4) is 0 Å². The highest BCUT2D eigenvalue weighted by molar-refractivity contribution is 7.21. The van der Waals surface area contributed by atoms with Crippen molar-refractivity contribution < 1.29 is 4.79 Å². The van der Waals surface area contributed by atoms with E-state index in [1.165, 1.54) is 22.2 Å². The van der Waals surface area contributed by atoms with Crippen LogP contribution in [0.25, 0.3) is 20.7 Å². The summed E-state index contributed by atoms with van der Waals surface area (Å²) >= 11 is 1.45. The molecule has 0 spiro atoms. The Bertz CT molecular complexity index is 951. The zero-order valence-electron chi connectivity index (χ0n) is 12.2. The molecule has 0 saturated carbocycles. The van der Waals surface area contributed by atoms with Gasteiger partial charge >= 0.3 is 0 Å². The van der Waals surface area contributed by atoms with E-state index in [1.807, 2.05) is 36.4 Å². The van der Waals surface area contributed by atoms with Crippen molar-refractivity contribution in [2.75, 3.05) is 6.54 Å². The average molecular weight is 323 g/mol. The summed E-state index contributed by atoms with van der Waals surface area (Å²) in [5.41, 5.74) is 0.803. The first kappa shape index (κ1) is 15.0.